The molecule has 1 atom stereocenters. The molecule has 1 N–H and O–H groups in total. The number of nitrogens with one attached hydrogen (secondary N) is 1. The van der Waals surface area contributed by atoms with Gasteiger partial charge >= 0.3 is 0 Å². The van der Waals surface area contributed by atoms with E-state index < -0.39 is 0 Å². The van der Waals surface area contributed by atoms with Crippen LogP contribution in [0.3, 0.4) is 0 Å². The van der Waals surface area contributed by atoms with Crippen LogP contribution in [0.25, 0.3) is 0 Å². The van der Waals surface area contributed by atoms with Crippen molar-refractivity contribution in [3.63, 3.8) is 0 Å². The van der Waals surface area contributed by atoms with Gasteiger partial charge < -0.3 is 10.2 Å². The number of rotatable bonds is 4. The highest BCUT2D eigenvalue weighted by Crippen LogP contribution is 2.12. The molecule has 1 unspecified atom stereocenters. The van der Waals surface area contributed by atoms with E-state index >= 15 is 0 Å². The van der Waals surface area contributed by atoms with Crippen LogP contribution < -0.4 is 5.32 Å². The second-order valence-electron chi connectivity index (χ2n) is 4.76. The molecule has 1 saturated heterocycles. The highest BCUT2D eigenvalue weighted by Gasteiger charge is 2.20. The molecule has 100 valence electrons. The molecule has 1 amide bonds. The van der Waals surface area contributed by atoms with Crippen LogP contribution in [0, 0.1) is 0 Å². The van der Waals surface area contributed by atoms with E-state index in [4.69, 9.17) is 0 Å². The van der Waals surface area contributed by atoms with E-state index in [9.17, 15) is 4.79 Å². The van der Waals surface area contributed by atoms with E-state index in [1.54, 1.807) is 17.1 Å². The van der Waals surface area contributed by atoms with Gasteiger partial charge in [-0.1, -0.05) is 5.21 Å². The molecule has 6 nitrogen and oxygen atoms in total. The van der Waals surface area contributed by atoms with Crippen molar-refractivity contribution in [3.8, 4) is 0 Å². The number of amides is 1. The fourth-order valence-electron chi connectivity index (χ4n) is 2.33. The first-order valence-corrected chi connectivity index (χ1v) is 6.58. The SMILES string of the molecule is CN(C(=O)CCn1ccnn1)C1CCCNCC1. The molecule has 0 spiro atoms. The molecule has 0 bridgehead atoms. The number of aryl methyl sites for hydroxylation is 1. The normalized spacial score (nSPS) is 20.4. The van der Waals surface area contributed by atoms with E-state index in [2.05, 4.69) is 15.6 Å². The van der Waals surface area contributed by atoms with E-state index in [1.807, 2.05) is 11.9 Å². The highest BCUT2D eigenvalue weighted by molar-refractivity contribution is 5.76. The summed E-state index contributed by atoms with van der Waals surface area (Å²) >= 11 is 0. The molecule has 0 aromatic carbocycles. The second-order valence-corrected chi connectivity index (χ2v) is 4.76. The molecule has 1 aromatic heterocycles. The number of hydrogen-bond donors (Lipinski definition) is 1. The summed E-state index contributed by atoms with van der Waals surface area (Å²) < 4.78 is 1.69. The Bertz CT molecular complexity index is 357. The Morgan fingerprint density at radius 1 is 1.50 bits per heavy atom. The number of nitrogens with zero attached hydrogens (tertiary/aromatic N) is 4. The minimum Gasteiger partial charge on any atom is -0.343 e. The smallest absolute Gasteiger partial charge is 0.224 e. The van der Waals surface area contributed by atoms with Crippen LogP contribution in [0.2, 0.25) is 0 Å². The summed E-state index contributed by atoms with van der Waals surface area (Å²) in [5.74, 6) is 0.192. The molecule has 0 radical (unpaired) electrons. The van der Waals surface area contributed by atoms with Crippen molar-refractivity contribution >= 4 is 5.91 Å². The van der Waals surface area contributed by atoms with Gasteiger partial charge in [-0.15, -0.1) is 5.10 Å². The summed E-state index contributed by atoms with van der Waals surface area (Å²) in [6.07, 6.45) is 7.19. The monoisotopic (exact) mass is 251 g/mol. The lowest BCUT2D eigenvalue weighted by atomic mass is 10.1. The average molecular weight is 251 g/mol. The van der Waals surface area contributed by atoms with Crippen LogP contribution in [0.4, 0.5) is 0 Å². The van der Waals surface area contributed by atoms with E-state index in [0.717, 1.165) is 32.4 Å². The lowest BCUT2D eigenvalue weighted by Crippen LogP contribution is -2.38. The molecule has 2 rings (SSSR count). The van der Waals surface area contributed by atoms with Crippen molar-refractivity contribution in [2.45, 2.75) is 38.3 Å². The molecule has 1 aromatic rings. The van der Waals surface area contributed by atoms with Crippen molar-refractivity contribution in [2.24, 2.45) is 0 Å². The Morgan fingerprint density at radius 3 is 3.17 bits per heavy atom. The molecule has 0 aliphatic carbocycles. The Labute approximate surface area is 107 Å². The largest absolute Gasteiger partial charge is 0.343 e. The van der Waals surface area contributed by atoms with Gasteiger partial charge in [0.2, 0.25) is 5.91 Å². The number of hydrogen-bond acceptors (Lipinski definition) is 4. The molecule has 1 aliphatic rings. The Hall–Kier alpha value is -1.43. The standard InChI is InChI=1S/C12H21N5O/c1-16(11-3-2-6-13-7-4-11)12(18)5-9-17-10-8-14-15-17/h8,10-11,13H,2-7,9H2,1H3. The van der Waals surface area contributed by atoms with Gasteiger partial charge in [0.15, 0.2) is 0 Å². The maximum Gasteiger partial charge on any atom is 0.224 e. The van der Waals surface area contributed by atoms with Crippen LogP contribution in [0.15, 0.2) is 12.4 Å². The Morgan fingerprint density at radius 2 is 2.39 bits per heavy atom. The molecule has 1 fully saturated rings. The Kier molecular flexibility index (Phi) is 4.69. The van der Waals surface area contributed by atoms with Crippen molar-refractivity contribution in [2.75, 3.05) is 20.1 Å². The van der Waals surface area contributed by atoms with Crippen molar-refractivity contribution in [3.05, 3.63) is 12.4 Å². The summed E-state index contributed by atoms with van der Waals surface area (Å²) in [4.78, 5) is 14.0. The van der Waals surface area contributed by atoms with Gasteiger partial charge in [0.05, 0.1) is 12.7 Å². The predicted octanol–water partition coefficient (Wildman–Crippen LogP) is 0.269. The van der Waals surface area contributed by atoms with E-state index in [1.165, 1.54) is 0 Å². The van der Waals surface area contributed by atoms with E-state index in [-0.39, 0.29) is 5.91 Å². The molecule has 2 heterocycles. The maximum absolute atomic E-state index is 12.1. The lowest BCUT2D eigenvalue weighted by Gasteiger charge is -2.27. The third-order valence-electron chi connectivity index (χ3n) is 3.51. The third kappa shape index (κ3) is 3.53. The van der Waals surface area contributed by atoms with E-state index in [0.29, 0.717) is 19.0 Å². The van der Waals surface area contributed by atoms with Crippen molar-refractivity contribution in [1.29, 1.82) is 0 Å². The molecular formula is C12H21N5O. The minimum atomic E-state index is 0.192. The second kappa shape index (κ2) is 6.49. The van der Waals surface area contributed by atoms with Gasteiger partial charge in [-0.3, -0.25) is 9.48 Å². The van der Waals surface area contributed by atoms with Gasteiger partial charge in [0.25, 0.3) is 0 Å². The van der Waals surface area contributed by atoms with Gasteiger partial charge in [0, 0.05) is 25.7 Å². The van der Waals surface area contributed by atoms with Crippen LogP contribution in [0.1, 0.15) is 25.7 Å². The molecule has 1 aliphatic heterocycles. The average Bonchev–Trinajstić information content (AvgIpc) is 2.75. The number of aromatic nitrogens is 3. The quantitative estimate of drug-likeness (QED) is 0.834. The van der Waals surface area contributed by atoms with Crippen molar-refractivity contribution in [1.82, 2.24) is 25.2 Å². The number of carbonyl (C=O) groups is 1. The summed E-state index contributed by atoms with van der Waals surface area (Å²) in [7, 11) is 1.92. The van der Waals surface area contributed by atoms with Gasteiger partial charge in [-0.2, -0.15) is 0 Å². The first-order chi connectivity index (χ1) is 8.77. The first-order valence-electron chi connectivity index (χ1n) is 6.58. The maximum atomic E-state index is 12.1. The van der Waals surface area contributed by atoms with Gasteiger partial charge in [-0.25, -0.2) is 0 Å². The fraction of sp³-hybridized carbons (Fsp3) is 0.750. The van der Waals surface area contributed by atoms with Crippen LogP contribution >= 0.6 is 0 Å². The summed E-state index contributed by atoms with van der Waals surface area (Å²) in [5.41, 5.74) is 0. The zero-order valence-corrected chi connectivity index (χ0v) is 10.9. The minimum absolute atomic E-state index is 0.192. The highest BCUT2D eigenvalue weighted by atomic mass is 16.2. The number of carbonyl (C=O) groups excluding carboxylic acids is 1. The van der Waals surface area contributed by atoms with Crippen LogP contribution in [0.5, 0.6) is 0 Å². The fourth-order valence-corrected chi connectivity index (χ4v) is 2.33. The van der Waals surface area contributed by atoms with Gasteiger partial charge in [-0.05, 0) is 32.4 Å². The lowest BCUT2D eigenvalue weighted by molar-refractivity contribution is -0.132. The van der Waals surface area contributed by atoms with Crippen LogP contribution in [-0.4, -0.2) is 52.0 Å². The van der Waals surface area contributed by atoms with Gasteiger partial charge in [0.1, 0.15) is 0 Å². The topological polar surface area (TPSA) is 63.1 Å². The zero-order chi connectivity index (χ0) is 12.8. The molecule has 18 heavy (non-hydrogen) atoms. The third-order valence-corrected chi connectivity index (χ3v) is 3.51. The molecule has 0 saturated carbocycles. The predicted molar refractivity (Wildman–Crippen MR) is 67.9 cm³/mol. The molecule has 6 heteroatoms. The summed E-state index contributed by atoms with van der Waals surface area (Å²) in [6, 6.07) is 0.378. The van der Waals surface area contributed by atoms with Crippen LogP contribution in [-0.2, 0) is 11.3 Å². The Balaban J connectivity index is 1.79. The first kappa shape index (κ1) is 13.0. The summed E-state index contributed by atoms with van der Waals surface area (Å²) in [5, 5.41) is 11.0. The summed E-state index contributed by atoms with van der Waals surface area (Å²) in [6.45, 7) is 2.68. The molecular weight excluding hydrogens is 230 g/mol. The zero-order valence-electron chi connectivity index (χ0n) is 10.9. The van der Waals surface area contributed by atoms with Crippen molar-refractivity contribution < 1.29 is 4.79 Å².